The van der Waals surface area contributed by atoms with E-state index in [0.29, 0.717) is 36.2 Å². The van der Waals surface area contributed by atoms with Gasteiger partial charge in [-0.2, -0.15) is 0 Å². The lowest BCUT2D eigenvalue weighted by Gasteiger charge is -2.22. The molecule has 0 radical (unpaired) electrons. The summed E-state index contributed by atoms with van der Waals surface area (Å²) in [5, 5.41) is 3.13. The summed E-state index contributed by atoms with van der Waals surface area (Å²) in [7, 11) is 1.95. The molecule has 2 heterocycles. The van der Waals surface area contributed by atoms with Crippen molar-refractivity contribution in [3.05, 3.63) is 42.0 Å². The van der Waals surface area contributed by atoms with E-state index < -0.39 is 0 Å². The molecule has 0 spiro atoms. The Bertz CT molecular complexity index is 736. The summed E-state index contributed by atoms with van der Waals surface area (Å²) in [6.45, 7) is 0.971. The molecule has 1 unspecified atom stereocenters. The topological polar surface area (TPSA) is 65.4 Å². The highest BCUT2D eigenvalue weighted by molar-refractivity contribution is 5.98. The number of imidazole rings is 1. The normalized spacial score (nSPS) is 17.6. The van der Waals surface area contributed by atoms with Crippen molar-refractivity contribution < 1.29 is 14.3 Å². The zero-order valence-electron chi connectivity index (χ0n) is 13.0. The zero-order valence-corrected chi connectivity index (χ0v) is 13.0. The highest BCUT2D eigenvalue weighted by atomic mass is 16.6. The van der Waals surface area contributed by atoms with Crippen LogP contribution in [-0.2, 0) is 7.05 Å². The maximum absolute atomic E-state index is 12.8. The molecular weight excluding hydrogens is 294 g/mol. The highest BCUT2D eigenvalue weighted by Crippen LogP contribution is 2.41. The van der Waals surface area contributed by atoms with Crippen molar-refractivity contribution in [2.75, 3.05) is 13.2 Å². The number of carbonyl (C=O) groups is 1. The number of benzene rings is 1. The molecule has 1 aromatic heterocycles. The number of amides is 1. The van der Waals surface area contributed by atoms with E-state index in [2.05, 4.69) is 10.3 Å². The third-order valence-corrected chi connectivity index (χ3v) is 4.33. The second kappa shape index (κ2) is 5.61. The fraction of sp³-hybridized carbons (Fsp3) is 0.412. The standard InChI is InChI=1S/C17H19N3O3/c1-20-8-7-18-16(20)14(11-5-6-11)19-17(21)12-3-2-4-13-15(12)23-10-9-22-13/h2-4,7-8,11,14H,5-6,9-10H2,1H3,(H,19,21). The third-order valence-electron chi connectivity index (χ3n) is 4.33. The average molecular weight is 313 g/mol. The van der Waals surface area contributed by atoms with E-state index in [0.717, 1.165) is 18.7 Å². The largest absolute Gasteiger partial charge is 0.486 e. The number of aryl methyl sites for hydroxylation is 1. The summed E-state index contributed by atoms with van der Waals surface area (Å²) in [5.41, 5.74) is 0.516. The Morgan fingerprint density at radius 3 is 2.91 bits per heavy atom. The van der Waals surface area contributed by atoms with Gasteiger partial charge in [-0.15, -0.1) is 0 Å². The third kappa shape index (κ3) is 2.65. The molecule has 1 fully saturated rings. The Kier molecular flexibility index (Phi) is 3.44. The number of aromatic nitrogens is 2. The fourth-order valence-electron chi connectivity index (χ4n) is 2.97. The van der Waals surface area contributed by atoms with E-state index in [9.17, 15) is 4.79 Å². The van der Waals surface area contributed by atoms with Crippen LogP contribution in [0.4, 0.5) is 0 Å². The van der Waals surface area contributed by atoms with Crippen molar-refractivity contribution in [3.8, 4) is 11.5 Å². The van der Waals surface area contributed by atoms with E-state index >= 15 is 0 Å². The number of fused-ring (bicyclic) bond motifs is 1. The molecule has 1 saturated carbocycles. The van der Waals surface area contributed by atoms with Gasteiger partial charge in [0.1, 0.15) is 19.0 Å². The molecular formula is C17H19N3O3. The van der Waals surface area contributed by atoms with Crippen LogP contribution in [0.3, 0.4) is 0 Å². The Hall–Kier alpha value is -2.50. The van der Waals surface area contributed by atoms with E-state index in [1.165, 1.54) is 0 Å². The van der Waals surface area contributed by atoms with E-state index in [-0.39, 0.29) is 11.9 Å². The van der Waals surface area contributed by atoms with Gasteiger partial charge in [-0.1, -0.05) is 6.07 Å². The maximum atomic E-state index is 12.8. The molecule has 4 rings (SSSR count). The van der Waals surface area contributed by atoms with Gasteiger partial charge in [0.25, 0.3) is 5.91 Å². The first-order chi connectivity index (χ1) is 11.2. The van der Waals surface area contributed by atoms with E-state index in [1.807, 2.05) is 29.9 Å². The van der Waals surface area contributed by atoms with Gasteiger partial charge in [0.05, 0.1) is 11.6 Å². The quantitative estimate of drug-likeness (QED) is 0.938. The van der Waals surface area contributed by atoms with Gasteiger partial charge < -0.3 is 19.4 Å². The first kappa shape index (κ1) is 14.1. The van der Waals surface area contributed by atoms with Gasteiger partial charge in [-0.3, -0.25) is 4.79 Å². The second-order valence-corrected chi connectivity index (χ2v) is 6.01. The molecule has 1 aliphatic heterocycles. The zero-order chi connectivity index (χ0) is 15.8. The first-order valence-electron chi connectivity index (χ1n) is 7.91. The van der Waals surface area contributed by atoms with Crippen LogP contribution in [0.2, 0.25) is 0 Å². The SMILES string of the molecule is Cn1ccnc1C(NC(=O)c1cccc2c1OCCO2)C1CC1. The molecule has 120 valence electrons. The minimum atomic E-state index is -0.146. The van der Waals surface area contributed by atoms with Gasteiger partial charge in [0.15, 0.2) is 11.5 Å². The molecule has 0 saturated heterocycles. The Labute approximate surface area is 134 Å². The molecule has 1 amide bonds. The van der Waals surface area contributed by atoms with Crippen molar-refractivity contribution in [1.29, 1.82) is 0 Å². The minimum absolute atomic E-state index is 0.0668. The maximum Gasteiger partial charge on any atom is 0.255 e. The lowest BCUT2D eigenvalue weighted by atomic mass is 10.1. The van der Waals surface area contributed by atoms with Gasteiger partial charge >= 0.3 is 0 Å². The van der Waals surface area contributed by atoms with Crippen LogP contribution in [0.5, 0.6) is 11.5 Å². The van der Waals surface area contributed by atoms with Crippen LogP contribution in [-0.4, -0.2) is 28.7 Å². The van der Waals surface area contributed by atoms with Crippen LogP contribution in [0, 0.1) is 5.92 Å². The lowest BCUT2D eigenvalue weighted by Crippen LogP contribution is -2.32. The number of para-hydroxylation sites is 1. The van der Waals surface area contributed by atoms with Crippen LogP contribution < -0.4 is 14.8 Å². The fourth-order valence-corrected chi connectivity index (χ4v) is 2.97. The van der Waals surface area contributed by atoms with Gasteiger partial charge in [-0.05, 0) is 30.9 Å². The summed E-state index contributed by atoms with van der Waals surface area (Å²) < 4.78 is 13.2. The summed E-state index contributed by atoms with van der Waals surface area (Å²) in [6.07, 6.45) is 5.89. The number of rotatable bonds is 4. The molecule has 1 atom stereocenters. The van der Waals surface area contributed by atoms with E-state index in [1.54, 1.807) is 12.3 Å². The Morgan fingerprint density at radius 1 is 1.35 bits per heavy atom. The number of ether oxygens (including phenoxy) is 2. The summed E-state index contributed by atoms with van der Waals surface area (Å²) in [4.78, 5) is 17.2. The highest BCUT2D eigenvalue weighted by Gasteiger charge is 2.36. The van der Waals surface area contributed by atoms with Crippen LogP contribution in [0.15, 0.2) is 30.6 Å². The number of carbonyl (C=O) groups excluding carboxylic acids is 1. The van der Waals surface area contributed by atoms with Crippen molar-refractivity contribution in [1.82, 2.24) is 14.9 Å². The van der Waals surface area contributed by atoms with Gasteiger partial charge in [-0.25, -0.2) is 4.98 Å². The molecule has 6 heteroatoms. The average Bonchev–Trinajstić information content (AvgIpc) is 3.33. The molecule has 6 nitrogen and oxygen atoms in total. The molecule has 2 aromatic rings. The molecule has 2 aliphatic rings. The minimum Gasteiger partial charge on any atom is -0.486 e. The van der Waals surface area contributed by atoms with Gasteiger partial charge in [0, 0.05) is 19.4 Å². The van der Waals surface area contributed by atoms with Crippen LogP contribution in [0.25, 0.3) is 0 Å². The number of nitrogens with one attached hydrogen (secondary N) is 1. The van der Waals surface area contributed by atoms with Crippen molar-refractivity contribution >= 4 is 5.91 Å². The molecule has 1 aliphatic carbocycles. The molecule has 1 N–H and O–H groups in total. The summed E-state index contributed by atoms with van der Waals surface area (Å²) in [5.74, 6) is 2.36. The molecule has 1 aromatic carbocycles. The monoisotopic (exact) mass is 313 g/mol. The number of nitrogens with zero attached hydrogens (tertiary/aromatic N) is 2. The Balaban J connectivity index is 1.61. The first-order valence-corrected chi connectivity index (χ1v) is 7.91. The van der Waals surface area contributed by atoms with Crippen molar-refractivity contribution in [2.24, 2.45) is 13.0 Å². The summed E-state index contributed by atoms with van der Waals surface area (Å²) >= 11 is 0. The van der Waals surface area contributed by atoms with Crippen molar-refractivity contribution in [2.45, 2.75) is 18.9 Å². The predicted molar refractivity (Wildman–Crippen MR) is 83.6 cm³/mol. The smallest absolute Gasteiger partial charge is 0.255 e. The molecule has 0 bridgehead atoms. The summed E-state index contributed by atoms with van der Waals surface area (Å²) in [6, 6.07) is 5.34. The van der Waals surface area contributed by atoms with E-state index in [4.69, 9.17) is 9.47 Å². The Morgan fingerprint density at radius 2 is 2.17 bits per heavy atom. The molecule has 23 heavy (non-hydrogen) atoms. The lowest BCUT2D eigenvalue weighted by molar-refractivity contribution is 0.0918. The predicted octanol–water partition coefficient (Wildman–Crippen LogP) is 2.07. The van der Waals surface area contributed by atoms with Crippen LogP contribution >= 0.6 is 0 Å². The van der Waals surface area contributed by atoms with Gasteiger partial charge in [0.2, 0.25) is 0 Å². The van der Waals surface area contributed by atoms with Crippen LogP contribution in [0.1, 0.15) is 35.1 Å². The van der Waals surface area contributed by atoms with Crippen molar-refractivity contribution in [3.63, 3.8) is 0 Å². The number of hydrogen-bond acceptors (Lipinski definition) is 4. The second-order valence-electron chi connectivity index (χ2n) is 6.01. The number of hydrogen-bond donors (Lipinski definition) is 1.